The van der Waals surface area contributed by atoms with Crippen LogP contribution in [0.5, 0.6) is 11.5 Å². The van der Waals surface area contributed by atoms with Crippen LogP contribution < -0.4 is 20.1 Å². The number of amides is 2. The van der Waals surface area contributed by atoms with Gasteiger partial charge >= 0.3 is 0 Å². The number of rotatable bonds is 9. The van der Waals surface area contributed by atoms with Gasteiger partial charge in [0.05, 0.1) is 32.0 Å². The summed E-state index contributed by atoms with van der Waals surface area (Å²) >= 11 is 0. The number of carbonyl (C=O) groups is 2. The van der Waals surface area contributed by atoms with Crippen LogP contribution in [-0.2, 0) is 11.3 Å². The second-order valence-electron chi connectivity index (χ2n) is 8.58. The van der Waals surface area contributed by atoms with Crippen molar-refractivity contribution < 1.29 is 19.1 Å². The Morgan fingerprint density at radius 2 is 1.64 bits per heavy atom. The van der Waals surface area contributed by atoms with Gasteiger partial charge in [-0.25, -0.2) is 0 Å². The summed E-state index contributed by atoms with van der Waals surface area (Å²) in [5, 5.41) is 5.91. The Bertz CT molecular complexity index is 984. The number of hydrogen-bond acceptors (Lipinski definition) is 6. The summed E-state index contributed by atoms with van der Waals surface area (Å²) in [6.07, 6.45) is 2.05. The molecule has 1 heterocycles. The first-order chi connectivity index (χ1) is 16.1. The van der Waals surface area contributed by atoms with Gasteiger partial charge in [-0.05, 0) is 42.7 Å². The number of para-hydroxylation sites is 1. The van der Waals surface area contributed by atoms with Crippen LogP contribution in [0.1, 0.15) is 28.8 Å². The van der Waals surface area contributed by atoms with E-state index in [0.717, 1.165) is 57.1 Å². The number of piperazine rings is 1. The van der Waals surface area contributed by atoms with Crippen molar-refractivity contribution in [2.45, 2.75) is 25.4 Å². The Labute approximate surface area is 194 Å². The molecule has 1 saturated carbocycles. The molecule has 8 nitrogen and oxygen atoms in total. The maximum absolute atomic E-state index is 12.7. The number of methoxy groups -OCH3 is 2. The Kier molecular flexibility index (Phi) is 7.47. The molecule has 0 unspecified atom stereocenters. The zero-order valence-electron chi connectivity index (χ0n) is 19.3. The van der Waals surface area contributed by atoms with E-state index in [-0.39, 0.29) is 17.9 Å². The van der Waals surface area contributed by atoms with E-state index >= 15 is 0 Å². The first kappa shape index (κ1) is 23.1. The van der Waals surface area contributed by atoms with Crippen LogP contribution in [0.15, 0.2) is 42.5 Å². The molecule has 0 spiro atoms. The van der Waals surface area contributed by atoms with Crippen molar-refractivity contribution in [2.24, 2.45) is 0 Å². The molecule has 0 aromatic heterocycles. The molecule has 1 aliphatic heterocycles. The largest absolute Gasteiger partial charge is 0.493 e. The first-order valence-electron chi connectivity index (χ1n) is 11.4. The van der Waals surface area contributed by atoms with Crippen molar-refractivity contribution in [1.29, 1.82) is 0 Å². The number of carbonyl (C=O) groups excluding carboxylic acids is 2. The minimum atomic E-state index is -0.128. The maximum Gasteiger partial charge on any atom is 0.253 e. The molecule has 2 aromatic rings. The third-order valence-corrected chi connectivity index (χ3v) is 6.04. The summed E-state index contributed by atoms with van der Waals surface area (Å²) in [6.45, 7) is 4.51. The highest BCUT2D eigenvalue weighted by atomic mass is 16.5. The van der Waals surface area contributed by atoms with Crippen LogP contribution in [0.25, 0.3) is 0 Å². The van der Waals surface area contributed by atoms with Gasteiger partial charge in [0.25, 0.3) is 5.91 Å². The van der Waals surface area contributed by atoms with Crippen LogP contribution in [0, 0.1) is 0 Å². The summed E-state index contributed by atoms with van der Waals surface area (Å²) in [5.74, 6) is 1.23. The lowest BCUT2D eigenvalue weighted by atomic mass is 10.1. The number of nitrogens with one attached hydrogen (secondary N) is 2. The minimum absolute atomic E-state index is 0.102. The quantitative estimate of drug-likeness (QED) is 0.608. The van der Waals surface area contributed by atoms with E-state index in [2.05, 4.69) is 26.5 Å². The van der Waals surface area contributed by atoms with E-state index < -0.39 is 0 Å². The lowest BCUT2D eigenvalue weighted by Gasteiger charge is -2.34. The zero-order valence-corrected chi connectivity index (χ0v) is 19.3. The molecule has 4 rings (SSSR count). The van der Waals surface area contributed by atoms with Gasteiger partial charge < -0.3 is 20.1 Å². The summed E-state index contributed by atoms with van der Waals surface area (Å²) in [6, 6.07) is 13.4. The molecule has 2 fully saturated rings. The van der Waals surface area contributed by atoms with Gasteiger partial charge in [0.15, 0.2) is 11.5 Å². The maximum atomic E-state index is 12.7. The second-order valence-corrected chi connectivity index (χ2v) is 8.58. The SMILES string of the molecule is COc1ccc(CN2CCN(CC(=O)Nc3ccccc3C(=O)NC3CC3)CC2)cc1OC. The predicted molar refractivity (Wildman–Crippen MR) is 127 cm³/mol. The van der Waals surface area contributed by atoms with Gasteiger partial charge in [-0.15, -0.1) is 0 Å². The van der Waals surface area contributed by atoms with Gasteiger partial charge in [0.1, 0.15) is 0 Å². The third kappa shape index (κ3) is 6.24. The highest BCUT2D eigenvalue weighted by molar-refractivity contribution is 6.04. The Hall–Kier alpha value is -3.10. The fourth-order valence-electron chi connectivity index (χ4n) is 4.02. The fourth-order valence-corrected chi connectivity index (χ4v) is 4.02. The number of anilines is 1. The lowest BCUT2D eigenvalue weighted by molar-refractivity contribution is -0.117. The van der Waals surface area contributed by atoms with Gasteiger partial charge in [0.2, 0.25) is 5.91 Å². The monoisotopic (exact) mass is 452 g/mol. The predicted octanol–water partition coefficient (Wildman–Crippen LogP) is 2.35. The number of nitrogens with zero attached hydrogens (tertiary/aromatic N) is 2. The van der Waals surface area contributed by atoms with Crippen LogP contribution in [0.4, 0.5) is 5.69 Å². The molecule has 2 amide bonds. The molecule has 33 heavy (non-hydrogen) atoms. The molecule has 8 heteroatoms. The highest BCUT2D eigenvalue weighted by Crippen LogP contribution is 2.28. The van der Waals surface area contributed by atoms with Crippen LogP contribution >= 0.6 is 0 Å². The number of benzene rings is 2. The first-order valence-corrected chi connectivity index (χ1v) is 11.4. The number of ether oxygens (including phenoxy) is 2. The topological polar surface area (TPSA) is 83.1 Å². The van der Waals surface area contributed by atoms with Crippen molar-refractivity contribution >= 4 is 17.5 Å². The molecule has 1 saturated heterocycles. The van der Waals surface area contributed by atoms with E-state index in [9.17, 15) is 9.59 Å². The van der Waals surface area contributed by atoms with Gasteiger partial charge in [-0.1, -0.05) is 18.2 Å². The fraction of sp³-hybridized carbons (Fsp3) is 0.440. The van der Waals surface area contributed by atoms with E-state index in [0.29, 0.717) is 17.8 Å². The molecular formula is C25H32N4O4. The van der Waals surface area contributed by atoms with Gasteiger partial charge in [0, 0.05) is 38.8 Å². The normalized spacial score (nSPS) is 16.8. The molecule has 0 radical (unpaired) electrons. The minimum Gasteiger partial charge on any atom is -0.493 e. The summed E-state index contributed by atoms with van der Waals surface area (Å²) in [4.78, 5) is 29.6. The third-order valence-electron chi connectivity index (χ3n) is 6.04. The van der Waals surface area contributed by atoms with Crippen molar-refractivity contribution in [1.82, 2.24) is 15.1 Å². The molecule has 1 aliphatic carbocycles. The molecule has 2 aliphatic rings. The molecule has 0 bridgehead atoms. The molecule has 2 aromatic carbocycles. The van der Waals surface area contributed by atoms with Crippen molar-refractivity contribution in [3.63, 3.8) is 0 Å². The lowest BCUT2D eigenvalue weighted by Crippen LogP contribution is -2.48. The zero-order chi connectivity index (χ0) is 23.2. The molecular weight excluding hydrogens is 420 g/mol. The molecule has 0 atom stereocenters. The Morgan fingerprint density at radius 1 is 0.939 bits per heavy atom. The van der Waals surface area contributed by atoms with Crippen molar-refractivity contribution in [3.05, 3.63) is 53.6 Å². The highest BCUT2D eigenvalue weighted by Gasteiger charge is 2.25. The van der Waals surface area contributed by atoms with Crippen LogP contribution in [-0.4, -0.2) is 74.6 Å². The summed E-state index contributed by atoms with van der Waals surface area (Å²) in [7, 11) is 3.28. The number of hydrogen-bond donors (Lipinski definition) is 2. The average Bonchev–Trinajstić information content (AvgIpc) is 3.64. The smallest absolute Gasteiger partial charge is 0.253 e. The van der Waals surface area contributed by atoms with Gasteiger partial charge in [-0.2, -0.15) is 0 Å². The Balaban J connectivity index is 1.26. The molecule has 2 N–H and O–H groups in total. The summed E-state index contributed by atoms with van der Waals surface area (Å²) in [5.41, 5.74) is 2.24. The van der Waals surface area contributed by atoms with Gasteiger partial charge in [-0.3, -0.25) is 19.4 Å². The Morgan fingerprint density at radius 3 is 2.33 bits per heavy atom. The van der Waals surface area contributed by atoms with Crippen LogP contribution in [0.2, 0.25) is 0 Å². The second kappa shape index (κ2) is 10.7. The molecule has 176 valence electrons. The van der Waals surface area contributed by atoms with Crippen LogP contribution in [0.3, 0.4) is 0 Å². The van der Waals surface area contributed by atoms with E-state index in [1.165, 1.54) is 5.56 Å². The standard InChI is InChI=1S/C25H32N4O4/c1-32-22-10-7-18(15-23(22)33-2)16-28-11-13-29(14-12-28)17-24(30)27-21-6-4-3-5-20(21)25(31)26-19-8-9-19/h3-7,10,15,19H,8-9,11-14,16-17H2,1-2H3,(H,26,31)(H,27,30). The van der Waals surface area contributed by atoms with E-state index in [4.69, 9.17) is 9.47 Å². The summed E-state index contributed by atoms with van der Waals surface area (Å²) < 4.78 is 10.7. The van der Waals surface area contributed by atoms with Crippen molar-refractivity contribution in [3.8, 4) is 11.5 Å². The van der Waals surface area contributed by atoms with E-state index in [1.54, 1.807) is 26.4 Å². The average molecular weight is 453 g/mol. The van der Waals surface area contributed by atoms with Crippen molar-refractivity contribution in [2.75, 3.05) is 52.3 Å². The van der Waals surface area contributed by atoms with E-state index in [1.807, 2.05) is 24.3 Å².